The molecule has 0 aliphatic heterocycles. The molecule has 150 valence electrons. The first-order valence-electron chi connectivity index (χ1n) is 8.60. The number of aromatic nitrogens is 2. The van der Waals surface area contributed by atoms with Gasteiger partial charge in [-0.25, -0.2) is 17.8 Å². The van der Waals surface area contributed by atoms with E-state index in [4.69, 9.17) is 0 Å². The molecule has 3 rings (SSSR count). The van der Waals surface area contributed by atoms with Crippen LogP contribution in [0, 0.1) is 13.8 Å². The molecule has 1 N–H and O–H groups in total. The molecule has 1 heterocycles. The summed E-state index contributed by atoms with van der Waals surface area (Å²) in [7, 11) is -4.10. The molecule has 9 heteroatoms. The normalized spacial score (nSPS) is 11.3. The van der Waals surface area contributed by atoms with Gasteiger partial charge >= 0.3 is 0 Å². The zero-order valence-electron chi connectivity index (χ0n) is 15.9. The highest BCUT2D eigenvalue weighted by Gasteiger charge is 2.24. The number of rotatable bonds is 5. The highest BCUT2D eigenvalue weighted by atomic mass is 79.9. The number of hydrogen-bond donors (Lipinski definition) is 1. The minimum Gasteiger partial charge on any atom is -0.295 e. The molecule has 0 aliphatic carbocycles. The number of hydrogen-bond acceptors (Lipinski definition) is 5. The average Bonchev–Trinajstić information content (AvgIpc) is 2.96. The molecule has 0 saturated carbocycles. The predicted molar refractivity (Wildman–Crippen MR) is 112 cm³/mol. The van der Waals surface area contributed by atoms with Crippen molar-refractivity contribution in [2.75, 3.05) is 0 Å². The summed E-state index contributed by atoms with van der Waals surface area (Å²) < 4.78 is 29.7. The van der Waals surface area contributed by atoms with E-state index in [2.05, 4.69) is 25.8 Å². The number of carbonyl (C=O) groups is 2. The van der Waals surface area contributed by atoms with Crippen LogP contribution in [0.2, 0.25) is 0 Å². The maximum Gasteiger partial charge on any atom is 0.268 e. The molecule has 1 aromatic heterocycles. The molecule has 0 radical (unpaired) electrons. The lowest BCUT2D eigenvalue weighted by Crippen LogP contribution is -2.31. The highest BCUT2D eigenvalue weighted by molar-refractivity contribution is 9.10. The highest BCUT2D eigenvalue weighted by Crippen LogP contribution is 2.20. The zero-order chi connectivity index (χ0) is 21.3. The van der Waals surface area contributed by atoms with Gasteiger partial charge in [0.15, 0.2) is 5.78 Å². The van der Waals surface area contributed by atoms with Crippen LogP contribution in [0.3, 0.4) is 0 Å². The van der Waals surface area contributed by atoms with Gasteiger partial charge in [0, 0.05) is 10.0 Å². The van der Waals surface area contributed by atoms with Crippen LogP contribution in [0.4, 0.5) is 0 Å². The Hall–Kier alpha value is -2.78. The lowest BCUT2D eigenvalue weighted by atomic mass is 10.2. The Morgan fingerprint density at radius 3 is 2.14 bits per heavy atom. The summed E-state index contributed by atoms with van der Waals surface area (Å²) in [5, 5.41) is 4.37. The Morgan fingerprint density at radius 1 is 1.00 bits per heavy atom. The van der Waals surface area contributed by atoms with Gasteiger partial charge in [-0.05, 0) is 57.2 Å². The summed E-state index contributed by atoms with van der Waals surface area (Å²) in [4.78, 5) is 24.0. The van der Waals surface area contributed by atoms with Crippen molar-refractivity contribution in [3.05, 3.63) is 75.5 Å². The molecule has 0 spiro atoms. The van der Waals surface area contributed by atoms with E-state index < -0.39 is 15.9 Å². The van der Waals surface area contributed by atoms with Crippen molar-refractivity contribution < 1.29 is 18.0 Å². The monoisotopic (exact) mass is 475 g/mol. The van der Waals surface area contributed by atoms with E-state index in [0.29, 0.717) is 17.0 Å². The molecular weight excluding hydrogens is 458 g/mol. The molecule has 0 bridgehead atoms. The van der Waals surface area contributed by atoms with Crippen molar-refractivity contribution in [2.24, 2.45) is 0 Å². The van der Waals surface area contributed by atoms with Gasteiger partial charge in [-0.1, -0.05) is 28.1 Å². The lowest BCUT2D eigenvalue weighted by molar-refractivity contribution is 0.0978. The van der Waals surface area contributed by atoms with Gasteiger partial charge in [0.2, 0.25) is 0 Å². The van der Waals surface area contributed by atoms with E-state index in [-0.39, 0.29) is 16.2 Å². The number of Topliss-reactive ketones (excluding diaryl/α,β-unsaturated/α-hetero) is 1. The molecule has 7 nitrogen and oxygen atoms in total. The summed E-state index contributed by atoms with van der Waals surface area (Å²) in [6.07, 6.45) is 0. The topological polar surface area (TPSA) is 98.1 Å². The number of nitrogens with one attached hydrogen (secondary N) is 1. The number of ketones is 1. The molecule has 3 aromatic rings. The number of halogens is 1. The minimum absolute atomic E-state index is 0.105. The van der Waals surface area contributed by atoms with E-state index in [9.17, 15) is 18.0 Å². The third-order valence-corrected chi connectivity index (χ3v) is 6.26. The molecule has 0 atom stereocenters. The van der Waals surface area contributed by atoms with E-state index in [1.807, 2.05) is 24.3 Å². The summed E-state index contributed by atoms with van der Waals surface area (Å²) in [6, 6.07) is 12.7. The van der Waals surface area contributed by atoms with Crippen molar-refractivity contribution in [3.63, 3.8) is 0 Å². The van der Waals surface area contributed by atoms with Crippen LogP contribution < -0.4 is 4.72 Å². The van der Waals surface area contributed by atoms with Crippen molar-refractivity contribution in [1.29, 1.82) is 0 Å². The standard InChI is InChI=1S/C20H18BrN3O4S/c1-12-19(13(2)24(22-12)17-8-6-16(21)7-9-17)20(26)23-29(27,28)18-10-4-15(5-11-18)14(3)25/h4-11H,1-3H3,(H,23,26). The molecular formula is C20H18BrN3O4S. The fourth-order valence-corrected chi connectivity index (χ4v) is 4.13. The maximum absolute atomic E-state index is 12.7. The van der Waals surface area contributed by atoms with Crippen molar-refractivity contribution in [2.45, 2.75) is 25.7 Å². The number of benzene rings is 2. The van der Waals surface area contributed by atoms with Crippen LogP contribution in [0.25, 0.3) is 5.69 Å². The van der Waals surface area contributed by atoms with Crippen LogP contribution in [0.1, 0.15) is 39.0 Å². The van der Waals surface area contributed by atoms with Crippen LogP contribution in [0.5, 0.6) is 0 Å². The largest absolute Gasteiger partial charge is 0.295 e. The molecule has 29 heavy (non-hydrogen) atoms. The molecule has 2 aromatic carbocycles. The van der Waals surface area contributed by atoms with Crippen molar-refractivity contribution in [3.8, 4) is 5.69 Å². The molecule has 1 amide bonds. The Morgan fingerprint density at radius 2 is 1.59 bits per heavy atom. The Bertz CT molecular complexity index is 1200. The third kappa shape index (κ3) is 4.30. The first kappa shape index (κ1) is 20.9. The minimum atomic E-state index is -4.10. The van der Waals surface area contributed by atoms with Crippen LogP contribution >= 0.6 is 15.9 Å². The maximum atomic E-state index is 12.7. The Labute approximate surface area is 176 Å². The second-order valence-electron chi connectivity index (χ2n) is 6.45. The van der Waals surface area contributed by atoms with Crippen molar-refractivity contribution in [1.82, 2.24) is 14.5 Å². The quantitative estimate of drug-likeness (QED) is 0.568. The van der Waals surface area contributed by atoms with Gasteiger partial charge in [0.25, 0.3) is 15.9 Å². The van der Waals surface area contributed by atoms with Gasteiger partial charge in [0.1, 0.15) is 0 Å². The second-order valence-corrected chi connectivity index (χ2v) is 9.05. The van der Waals surface area contributed by atoms with E-state index in [1.165, 1.54) is 31.2 Å². The third-order valence-electron chi connectivity index (χ3n) is 4.39. The first-order valence-corrected chi connectivity index (χ1v) is 10.9. The number of carbonyl (C=O) groups excluding carboxylic acids is 2. The number of nitrogens with zero attached hydrogens (tertiary/aromatic N) is 2. The molecule has 0 saturated heterocycles. The summed E-state index contributed by atoms with van der Waals surface area (Å²) in [6.45, 7) is 4.73. The summed E-state index contributed by atoms with van der Waals surface area (Å²) >= 11 is 3.37. The molecule has 0 fully saturated rings. The average molecular weight is 476 g/mol. The Balaban J connectivity index is 1.90. The lowest BCUT2D eigenvalue weighted by Gasteiger charge is -2.08. The predicted octanol–water partition coefficient (Wildman–Crippen LogP) is 3.57. The van der Waals surface area contributed by atoms with Gasteiger partial charge in [-0.3, -0.25) is 9.59 Å². The van der Waals surface area contributed by atoms with Crippen molar-refractivity contribution >= 4 is 37.6 Å². The molecule has 0 aliphatic rings. The SMILES string of the molecule is CC(=O)c1ccc(S(=O)(=O)NC(=O)c2c(C)nn(-c3ccc(Br)cc3)c2C)cc1. The smallest absolute Gasteiger partial charge is 0.268 e. The fourth-order valence-electron chi connectivity index (χ4n) is 2.91. The van der Waals surface area contributed by atoms with E-state index in [1.54, 1.807) is 18.5 Å². The number of amides is 1. The zero-order valence-corrected chi connectivity index (χ0v) is 18.3. The number of aryl methyl sites for hydroxylation is 1. The van der Waals surface area contributed by atoms with E-state index in [0.717, 1.165) is 10.2 Å². The summed E-state index contributed by atoms with van der Waals surface area (Å²) in [5.41, 5.74) is 2.25. The Kier molecular flexibility index (Phi) is 5.72. The van der Waals surface area contributed by atoms with Gasteiger partial charge < -0.3 is 0 Å². The fraction of sp³-hybridized carbons (Fsp3) is 0.150. The van der Waals surface area contributed by atoms with Crippen LogP contribution in [-0.2, 0) is 10.0 Å². The first-order chi connectivity index (χ1) is 13.6. The van der Waals surface area contributed by atoms with Gasteiger partial charge in [-0.15, -0.1) is 0 Å². The molecule has 0 unspecified atom stereocenters. The van der Waals surface area contributed by atoms with Gasteiger partial charge in [0.05, 0.1) is 27.5 Å². The number of sulfonamides is 1. The second kappa shape index (κ2) is 7.92. The van der Waals surface area contributed by atoms with E-state index >= 15 is 0 Å². The van der Waals surface area contributed by atoms with Crippen LogP contribution in [0.15, 0.2) is 57.9 Å². The van der Waals surface area contributed by atoms with Crippen LogP contribution in [-0.4, -0.2) is 29.9 Å². The van der Waals surface area contributed by atoms with Gasteiger partial charge in [-0.2, -0.15) is 5.10 Å². The summed E-state index contributed by atoms with van der Waals surface area (Å²) in [5.74, 6) is -0.941.